The monoisotopic (exact) mass is 265 g/mol. The second-order valence-electron chi connectivity index (χ2n) is 4.52. The van der Waals surface area contributed by atoms with Crippen molar-refractivity contribution < 1.29 is 14.6 Å². The van der Waals surface area contributed by atoms with E-state index in [0.29, 0.717) is 6.42 Å². The molecule has 0 saturated heterocycles. The molecule has 0 aliphatic rings. The summed E-state index contributed by atoms with van der Waals surface area (Å²) in [6, 6.07) is 7.38. The predicted octanol–water partition coefficient (Wildman–Crippen LogP) is 2.52. The first-order chi connectivity index (χ1) is 9.21. The molecular weight excluding hydrogens is 242 g/mol. The Bertz CT molecular complexity index is 393. The minimum atomic E-state index is -0.458. The Balaban J connectivity index is 2.59. The van der Waals surface area contributed by atoms with Crippen molar-refractivity contribution >= 4 is 5.97 Å². The van der Waals surface area contributed by atoms with Gasteiger partial charge in [-0.1, -0.05) is 38.0 Å². The van der Waals surface area contributed by atoms with E-state index in [4.69, 9.17) is 9.84 Å². The average Bonchev–Trinajstić information content (AvgIpc) is 2.45. The van der Waals surface area contributed by atoms with Gasteiger partial charge in [-0.05, 0) is 25.1 Å². The van der Waals surface area contributed by atoms with Gasteiger partial charge in [0.2, 0.25) is 0 Å². The highest BCUT2D eigenvalue weighted by molar-refractivity contribution is 5.69. The second-order valence-corrected chi connectivity index (χ2v) is 4.52. The number of hydrogen-bond acceptors (Lipinski definition) is 4. The Morgan fingerprint density at radius 3 is 2.84 bits per heavy atom. The van der Waals surface area contributed by atoms with Gasteiger partial charge in [0.25, 0.3) is 0 Å². The number of hydrogen-bond donors (Lipinski definition) is 2. The molecule has 106 valence electrons. The summed E-state index contributed by atoms with van der Waals surface area (Å²) in [6.07, 6.45) is 2.98. The van der Waals surface area contributed by atoms with Gasteiger partial charge in [0.1, 0.15) is 0 Å². The maximum absolute atomic E-state index is 11.7. The minimum absolute atomic E-state index is 0.0191. The van der Waals surface area contributed by atoms with Gasteiger partial charge in [-0.15, -0.1) is 0 Å². The quantitative estimate of drug-likeness (QED) is 0.431. The highest BCUT2D eigenvalue weighted by Crippen LogP contribution is 2.17. The number of ether oxygens (including phenoxy) is 1. The first-order valence-electron chi connectivity index (χ1n) is 6.77. The van der Waals surface area contributed by atoms with Gasteiger partial charge >= 0.3 is 5.97 Å². The number of aliphatic hydroxyl groups excluding tert-OH is 1. The SMILES string of the molecule is CCCCCC(=O)OC(NC)c1cccc(CO)c1. The lowest BCUT2D eigenvalue weighted by Gasteiger charge is -2.18. The van der Waals surface area contributed by atoms with Gasteiger partial charge in [-0.25, -0.2) is 0 Å². The fourth-order valence-electron chi connectivity index (χ4n) is 1.86. The molecule has 0 aliphatic heterocycles. The normalized spacial score (nSPS) is 12.2. The van der Waals surface area contributed by atoms with Gasteiger partial charge in [0, 0.05) is 12.0 Å². The van der Waals surface area contributed by atoms with Gasteiger partial charge in [0.05, 0.1) is 6.61 Å². The highest BCUT2D eigenvalue weighted by atomic mass is 16.6. The maximum atomic E-state index is 11.7. The molecule has 0 saturated carbocycles. The third kappa shape index (κ3) is 5.41. The molecule has 4 nitrogen and oxygen atoms in total. The van der Waals surface area contributed by atoms with E-state index in [1.807, 2.05) is 24.3 Å². The maximum Gasteiger partial charge on any atom is 0.307 e. The van der Waals surface area contributed by atoms with Gasteiger partial charge < -0.3 is 9.84 Å². The summed E-state index contributed by atoms with van der Waals surface area (Å²) in [4.78, 5) is 11.7. The fraction of sp³-hybridized carbons (Fsp3) is 0.533. The van der Waals surface area contributed by atoms with Crippen molar-refractivity contribution in [3.63, 3.8) is 0 Å². The number of carbonyl (C=O) groups excluding carboxylic acids is 1. The third-order valence-corrected chi connectivity index (χ3v) is 2.93. The lowest BCUT2D eigenvalue weighted by Crippen LogP contribution is -2.23. The Labute approximate surface area is 114 Å². The van der Waals surface area contributed by atoms with Crippen molar-refractivity contribution in [3.8, 4) is 0 Å². The van der Waals surface area contributed by atoms with Crippen molar-refractivity contribution in [2.75, 3.05) is 7.05 Å². The molecule has 1 atom stereocenters. The molecular formula is C15H23NO3. The van der Waals surface area contributed by atoms with Crippen molar-refractivity contribution in [1.29, 1.82) is 0 Å². The Morgan fingerprint density at radius 1 is 1.42 bits per heavy atom. The van der Waals surface area contributed by atoms with Crippen molar-refractivity contribution in [2.24, 2.45) is 0 Å². The van der Waals surface area contributed by atoms with E-state index < -0.39 is 6.23 Å². The van der Waals surface area contributed by atoms with E-state index in [1.54, 1.807) is 7.05 Å². The van der Waals surface area contributed by atoms with Crippen molar-refractivity contribution in [2.45, 2.75) is 45.4 Å². The number of aliphatic hydroxyl groups is 1. The number of unbranched alkanes of at least 4 members (excludes halogenated alkanes) is 2. The van der Waals surface area contributed by atoms with E-state index >= 15 is 0 Å². The van der Waals surface area contributed by atoms with E-state index in [2.05, 4.69) is 12.2 Å². The standard InChI is InChI=1S/C15H23NO3/c1-3-4-5-9-14(18)19-15(16-2)13-8-6-7-12(10-13)11-17/h6-8,10,15-17H,3-5,9,11H2,1-2H3. The van der Waals surface area contributed by atoms with Gasteiger partial charge in [-0.3, -0.25) is 10.1 Å². The van der Waals surface area contributed by atoms with Crippen LogP contribution in [0.4, 0.5) is 0 Å². The second kappa shape index (κ2) is 8.67. The fourth-order valence-corrected chi connectivity index (χ4v) is 1.86. The Hall–Kier alpha value is -1.39. The molecule has 0 bridgehead atoms. The molecule has 0 aromatic heterocycles. The van der Waals surface area contributed by atoms with E-state index in [1.165, 1.54) is 0 Å². The molecule has 1 unspecified atom stereocenters. The molecule has 0 heterocycles. The first kappa shape index (κ1) is 15.7. The predicted molar refractivity (Wildman–Crippen MR) is 74.4 cm³/mol. The van der Waals surface area contributed by atoms with E-state index in [9.17, 15) is 4.79 Å². The molecule has 4 heteroatoms. The van der Waals surface area contributed by atoms with Crippen LogP contribution in [0.3, 0.4) is 0 Å². The van der Waals surface area contributed by atoms with Crippen LogP contribution in [0.2, 0.25) is 0 Å². The lowest BCUT2D eigenvalue weighted by atomic mass is 10.1. The van der Waals surface area contributed by atoms with Gasteiger partial charge in [-0.2, -0.15) is 0 Å². The number of rotatable bonds is 8. The van der Waals surface area contributed by atoms with Crippen LogP contribution < -0.4 is 5.32 Å². The Kier molecular flexibility index (Phi) is 7.15. The smallest absolute Gasteiger partial charge is 0.307 e. The van der Waals surface area contributed by atoms with E-state index in [-0.39, 0.29) is 12.6 Å². The van der Waals surface area contributed by atoms with Crippen LogP contribution in [-0.2, 0) is 16.1 Å². The third-order valence-electron chi connectivity index (χ3n) is 2.93. The molecule has 0 aliphatic carbocycles. The number of nitrogens with one attached hydrogen (secondary N) is 1. The van der Waals surface area contributed by atoms with Gasteiger partial charge in [0.15, 0.2) is 6.23 Å². The molecule has 1 aromatic rings. The summed E-state index contributed by atoms with van der Waals surface area (Å²) >= 11 is 0. The zero-order valence-electron chi connectivity index (χ0n) is 11.7. The summed E-state index contributed by atoms with van der Waals surface area (Å²) in [7, 11) is 1.75. The largest absolute Gasteiger partial charge is 0.442 e. The van der Waals surface area contributed by atoms with Crippen molar-refractivity contribution in [1.82, 2.24) is 5.32 Å². The number of benzene rings is 1. The van der Waals surface area contributed by atoms with Crippen LogP contribution in [0, 0.1) is 0 Å². The molecule has 1 rings (SSSR count). The first-order valence-corrected chi connectivity index (χ1v) is 6.77. The summed E-state index contributed by atoms with van der Waals surface area (Å²) in [6.45, 7) is 2.08. The summed E-state index contributed by atoms with van der Waals surface area (Å²) < 4.78 is 5.40. The number of esters is 1. The van der Waals surface area contributed by atoms with Crippen LogP contribution in [0.25, 0.3) is 0 Å². The lowest BCUT2D eigenvalue weighted by molar-refractivity contribution is -0.151. The van der Waals surface area contributed by atoms with Crippen LogP contribution in [0.15, 0.2) is 24.3 Å². The van der Waals surface area contributed by atoms with Crippen LogP contribution in [0.1, 0.15) is 50.0 Å². The summed E-state index contributed by atoms with van der Waals surface area (Å²) in [5.74, 6) is -0.192. The molecule has 0 radical (unpaired) electrons. The Morgan fingerprint density at radius 2 is 2.21 bits per heavy atom. The summed E-state index contributed by atoms with van der Waals surface area (Å²) in [5, 5.41) is 12.1. The molecule has 2 N–H and O–H groups in total. The van der Waals surface area contributed by atoms with Crippen LogP contribution in [-0.4, -0.2) is 18.1 Å². The molecule has 0 spiro atoms. The van der Waals surface area contributed by atoms with Crippen LogP contribution >= 0.6 is 0 Å². The zero-order valence-corrected chi connectivity index (χ0v) is 11.7. The average molecular weight is 265 g/mol. The van der Waals surface area contributed by atoms with Crippen molar-refractivity contribution in [3.05, 3.63) is 35.4 Å². The van der Waals surface area contributed by atoms with Crippen LogP contribution in [0.5, 0.6) is 0 Å². The zero-order chi connectivity index (χ0) is 14.1. The summed E-state index contributed by atoms with van der Waals surface area (Å²) in [5.41, 5.74) is 1.65. The van der Waals surface area contributed by atoms with E-state index in [0.717, 1.165) is 30.4 Å². The minimum Gasteiger partial charge on any atom is -0.442 e. The molecule has 19 heavy (non-hydrogen) atoms. The molecule has 0 fully saturated rings. The molecule has 0 amide bonds. The number of carbonyl (C=O) groups is 1. The molecule has 1 aromatic carbocycles. The topological polar surface area (TPSA) is 58.6 Å². The highest BCUT2D eigenvalue weighted by Gasteiger charge is 2.14.